The molecular weight excluding hydrogens is 158 g/mol. The molecule has 0 atom stereocenters. The Labute approximate surface area is 71.5 Å². The molecule has 4 heteroatoms. The predicted octanol–water partition coefficient (Wildman–Crippen LogP) is -0.0469. The average molecular weight is 172 g/mol. The maximum Gasteiger partial charge on any atom is 0.156 e. The first-order valence-corrected chi connectivity index (χ1v) is 4.93. The molecule has 0 aromatic rings. The maximum atomic E-state index is 2.46. The van der Waals surface area contributed by atoms with E-state index in [1.807, 2.05) is 11.9 Å². The van der Waals surface area contributed by atoms with Crippen LogP contribution in [0.25, 0.3) is 0 Å². The first-order valence-electron chi connectivity index (χ1n) is 4.05. The zero-order chi connectivity index (χ0) is 7.68. The highest BCUT2D eigenvalue weighted by molar-refractivity contribution is 7.96. The van der Waals surface area contributed by atoms with Gasteiger partial charge in [-0.25, -0.2) is 5.01 Å². The van der Waals surface area contributed by atoms with Crippen molar-refractivity contribution in [3.05, 3.63) is 11.2 Å². The molecule has 0 unspecified atom stereocenters. The Balaban J connectivity index is 1.98. The van der Waals surface area contributed by atoms with Crippen LogP contribution in [0.15, 0.2) is 11.2 Å². The van der Waals surface area contributed by atoms with Gasteiger partial charge < -0.3 is 4.90 Å². The Morgan fingerprint density at radius 2 is 2.18 bits per heavy atom. The van der Waals surface area contributed by atoms with Crippen molar-refractivity contribution in [1.82, 2.24) is 9.91 Å². The van der Waals surface area contributed by atoms with Crippen molar-refractivity contribution in [2.45, 2.75) is 12.8 Å². The van der Waals surface area contributed by atoms with Gasteiger partial charge in [-0.05, 0) is 12.8 Å². The van der Waals surface area contributed by atoms with Gasteiger partial charge >= 0.3 is 0 Å². The Kier molecular flexibility index (Phi) is 1.96. The van der Waals surface area contributed by atoms with Crippen LogP contribution in [-0.2, 0) is 0 Å². The van der Waals surface area contributed by atoms with E-state index in [0.29, 0.717) is 0 Å². The van der Waals surface area contributed by atoms with Gasteiger partial charge in [-0.15, -0.1) is 0 Å². The summed E-state index contributed by atoms with van der Waals surface area (Å²) in [6.07, 6.45) is 4.93. The number of hydrogen-bond acceptors (Lipinski definition) is 3. The summed E-state index contributed by atoms with van der Waals surface area (Å²) in [5, 5.41) is 3.54. The van der Waals surface area contributed by atoms with E-state index in [0.717, 1.165) is 0 Å². The largest absolute Gasteiger partial charge is 0.361 e. The second-order valence-corrected chi connectivity index (χ2v) is 3.92. The predicted molar refractivity (Wildman–Crippen MR) is 46.2 cm³/mol. The fraction of sp³-hybridized carbons (Fsp3) is 0.714. The zero-order valence-corrected chi connectivity index (χ0v) is 7.60. The summed E-state index contributed by atoms with van der Waals surface area (Å²) in [6, 6.07) is 0. The van der Waals surface area contributed by atoms with Gasteiger partial charge in [0.1, 0.15) is 0 Å². The SMILES string of the molecule is CN1C=C(N2CCCC2)S[NH2+]1. The molecule has 2 heterocycles. The lowest BCUT2D eigenvalue weighted by Crippen LogP contribution is -2.81. The summed E-state index contributed by atoms with van der Waals surface area (Å²) in [4.78, 5) is 4.61. The zero-order valence-electron chi connectivity index (χ0n) is 6.79. The third-order valence-corrected chi connectivity index (χ3v) is 3.11. The van der Waals surface area contributed by atoms with Crippen LogP contribution in [0.5, 0.6) is 0 Å². The van der Waals surface area contributed by atoms with Crippen molar-refractivity contribution in [1.29, 1.82) is 0 Å². The summed E-state index contributed by atoms with van der Waals surface area (Å²) >= 11 is 1.84. The van der Waals surface area contributed by atoms with Gasteiger partial charge in [0.15, 0.2) is 17.0 Å². The summed E-state index contributed by atoms with van der Waals surface area (Å²) in [7, 11) is 2.08. The molecule has 1 fully saturated rings. The molecule has 1 saturated heterocycles. The van der Waals surface area contributed by atoms with Gasteiger partial charge in [-0.3, -0.25) is 0 Å². The molecule has 0 bridgehead atoms. The summed E-state index contributed by atoms with van der Waals surface area (Å²) in [6.45, 7) is 2.50. The minimum absolute atomic E-state index is 1.25. The molecule has 0 radical (unpaired) electrons. The molecule has 3 nitrogen and oxygen atoms in total. The molecule has 11 heavy (non-hydrogen) atoms. The van der Waals surface area contributed by atoms with Crippen LogP contribution < -0.4 is 4.83 Å². The number of quaternary nitrogens is 1. The van der Waals surface area contributed by atoms with E-state index in [4.69, 9.17) is 0 Å². The minimum Gasteiger partial charge on any atom is -0.361 e. The highest BCUT2D eigenvalue weighted by atomic mass is 32.2. The van der Waals surface area contributed by atoms with E-state index in [2.05, 4.69) is 28.0 Å². The smallest absolute Gasteiger partial charge is 0.156 e. The molecule has 2 aliphatic heterocycles. The van der Waals surface area contributed by atoms with E-state index in [9.17, 15) is 0 Å². The van der Waals surface area contributed by atoms with Crippen molar-refractivity contribution in [3.8, 4) is 0 Å². The van der Waals surface area contributed by atoms with Crippen LogP contribution in [0.1, 0.15) is 12.8 Å². The number of rotatable bonds is 1. The standard InChI is InChI=1S/C7H13N3S/c1-9-6-7(11-8-9)10-4-2-3-5-10/h6,8H,2-5H2,1H3/p+1. The topological polar surface area (TPSA) is 23.1 Å². The number of hydrogen-bond donors (Lipinski definition) is 1. The molecule has 0 aliphatic carbocycles. The Morgan fingerprint density at radius 3 is 2.73 bits per heavy atom. The Hall–Kier alpha value is -0.350. The normalized spacial score (nSPS) is 24.6. The van der Waals surface area contributed by atoms with Gasteiger partial charge in [0, 0.05) is 13.1 Å². The highest BCUT2D eigenvalue weighted by Crippen LogP contribution is 2.22. The summed E-state index contributed by atoms with van der Waals surface area (Å²) in [5.41, 5.74) is 0. The summed E-state index contributed by atoms with van der Waals surface area (Å²) < 4.78 is 0. The van der Waals surface area contributed by atoms with E-state index < -0.39 is 0 Å². The van der Waals surface area contributed by atoms with Gasteiger partial charge in [-0.2, -0.15) is 4.83 Å². The highest BCUT2D eigenvalue weighted by Gasteiger charge is 2.22. The molecule has 62 valence electrons. The fourth-order valence-electron chi connectivity index (χ4n) is 1.47. The van der Waals surface area contributed by atoms with E-state index in [1.54, 1.807) is 0 Å². The Bertz CT molecular complexity index is 175. The molecule has 0 aromatic carbocycles. The lowest BCUT2D eigenvalue weighted by Gasteiger charge is -2.13. The lowest BCUT2D eigenvalue weighted by atomic mass is 10.4. The number of nitrogens with two attached hydrogens (primary N) is 1. The Morgan fingerprint density at radius 1 is 1.45 bits per heavy atom. The van der Waals surface area contributed by atoms with Gasteiger partial charge in [0.2, 0.25) is 0 Å². The number of likely N-dealkylation sites (tertiary alicyclic amines) is 1. The van der Waals surface area contributed by atoms with Crippen LogP contribution in [0, 0.1) is 0 Å². The second-order valence-electron chi connectivity index (χ2n) is 3.05. The van der Waals surface area contributed by atoms with Gasteiger partial charge in [0.05, 0.1) is 13.2 Å². The van der Waals surface area contributed by atoms with Crippen LogP contribution in [0.4, 0.5) is 0 Å². The van der Waals surface area contributed by atoms with Crippen molar-refractivity contribution in [2.24, 2.45) is 0 Å². The van der Waals surface area contributed by atoms with E-state index >= 15 is 0 Å². The molecular formula is C7H14N3S+. The first-order chi connectivity index (χ1) is 5.36. The maximum absolute atomic E-state index is 2.46. The quantitative estimate of drug-likeness (QED) is 0.443. The van der Waals surface area contributed by atoms with Gasteiger partial charge in [-0.1, -0.05) is 0 Å². The molecule has 2 aliphatic rings. The fourth-order valence-corrected chi connectivity index (χ4v) is 2.36. The van der Waals surface area contributed by atoms with Crippen molar-refractivity contribution >= 4 is 11.9 Å². The molecule has 0 amide bonds. The third kappa shape index (κ3) is 1.46. The molecule has 2 rings (SSSR count). The molecule has 0 aromatic heterocycles. The van der Waals surface area contributed by atoms with Crippen LogP contribution >= 0.6 is 11.9 Å². The molecule has 0 spiro atoms. The van der Waals surface area contributed by atoms with E-state index in [-0.39, 0.29) is 0 Å². The second kappa shape index (κ2) is 2.95. The third-order valence-electron chi connectivity index (χ3n) is 2.07. The van der Waals surface area contributed by atoms with Crippen molar-refractivity contribution < 1.29 is 4.83 Å². The van der Waals surface area contributed by atoms with Crippen molar-refractivity contribution in [2.75, 3.05) is 20.1 Å². The monoisotopic (exact) mass is 172 g/mol. The lowest BCUT2D eigenvalue weighted by molar-refractivity contribution is -0.637. The van der Waals surface area contributed by atoms with Crippen LogP contribution in [0.3, 0.4) is 0 Å². The molecule has 2 N–H and O–H groups in total. The minimum atomic E-state index is 1.25. The average Bonchev–Trinajstić information content (AvgIpc) is 2.55. The van der Waals surface area contributed by atoms with E-state index in [1.165, 1.54) is 31.0 Å². The number of nitrogens with zero attached hydrogens (tertiary/aromatic N) is 2. The van der Waals surface area contributed by atoms with Gasteiger partial charge in [0.25, 0.3) is 0 Å². The van der Waals surface area contributed by atoms with Crippen LogP contribution in [-0.4, -0.2) is 30.0 Å². The van der Waals surface area contributed by atoms with Crippen molar-refractivity contribution in [3.63, 3.8) is 0 Å². The summed E-state index contributed by atoms with van der Waals surface area (Å²) in [5.74, 6) is 0. The van der Waals surface area contributed by atoms with Crippen LogP contribution in [0.2, 0.25) is 0 Å². The first kappa shape index (κ1) is 7.31. The molecule has 0 saturated carbocycles.